The van der Waals surface area contributed by atoms with E-state index in [0.29, 0.717) is 6.61 Å². The van der Waals surface area contributed by atoms with E-state index in [1.807, 2.05) is 62.9 Å². The van der Waals surface area contributed by atoms with Crippen LogP contribution in [-0.2, 0) is 11.3 Å². The van der Waals surface area contributed by atoms with Crippen molar-refractivity contribution in [2.75, 3.05) is 34.4 Å². The Bertz CT molecular complexity index is 1330. The number of rotatable bonds is 8. The molecule has 1 aliphatic carbocycles. The number of aryl methyl sites for hydroxylation is 1. The van der Waals surface area contributed by atoms with Crippen LogP contribution in [0.25, 0.3) is 33.8 Å². The van der Waals surface area contributed by atoms with E-state index in [-0.39, 0.29) is 0 Å². The smallest absolute Gasteiger partial charge is 0.142 e. The van der Waals surface area contributed by atoms with Crippen LogP contribution in [0.4, 0.5) is 0 Å². The highest BCUT2D eigenvalue weighted by Gasteiger charge is 2.22. The van der Waals surface area contributed by atoms with Crippen molar-refractivity contribution in [1.29, 1.82) is 0 Å². The highest BCUT2D eigenvalue weighted by atomic mass is 16.6. The normalized spacial score (nSPS) is 13.9. The van der Waals surface area contributed by atoms with E-state index in [0.717, 1.165) is 70.2 Å². The molecule has 4 aromatic rings. The Balaban J connectivity index is 1.49. The Kier molecular flexibility index (Phi) is 6.64. The van der Waals surface area contributed by atoms with Gasteiger partial charge in [-0.05, 0) is 86.6 Å². The van der Waals surface area contributed by atoms with Crippen LogP contribution in [0.15, 0.2) is 82.6 Å². The average molecular weight is 468 g/mol. The molecule has 5 rings (SSSR count). The maximum atomic E-state index is 6.51. The van der Waals surface area contributed by atoms with Crippen LogP contribution in [0.3, 0.4) is 0 Å². The van der Waals surface area contributed by atoms with Gasteiger partial charge in [-0.1, -0.05) is 17.3 Å². The van der Waals surface area contributed by atoms with Crippen molar-refractivity contribution >= 4 is 5.71 Å². The van der Waals surface area contributed by atoms with Crippen molar-refractivity contribution in [2.24, 2.45) is 5.16 Å². The largest absolute Gasteiger partial charge is 0.492 e. The van der Waals surface area contributed by atoms with Crippen LogP contribution in [0.5, 0.6) is 5.75 Å². The number of nitrogens with zero attached hydrogens (tertiary/aromatic N) is 3. The first kappa shape index (κ1) is 22.9. The van der Waals surface area contributed by atoms with Crippen molar-refractivity contribution < 1.29 is 14.0 Å². The van der Waals surface area contributed by atoms with Gasteiger partial charge in [0.1, 0.15) is 31.0 Å². The van der Waals surface area contributed by atoms with Crippen LogP contribution in [-0.4, -0.2) is 50.0 Å². The predicted octanol–water partition coefficient (Wildman–Crippen LogP) is 5.91. The van der Waals surface area contributed by atoms with Gasteiger partial charge in [-0.25, -0.2) is 0 Å². The first-order chi connectivity index (χ1) is 17.1. The van der Waals surface area contributed by atoms with E-state index >= 15 is 0 Å². The fourth-order valence-corrected chi connectivity index (χ4v) is 4.37. The average Bonchev–Trinajstić information content (AvgIpc) is 3.50. The van der Waals surface area contributed by atoms with Crippen molar-refractivity contribution in [2.45, 2.75) is 12.8 Å². The summed E-state index contributed by atoms with van der Waals surface area (Å²) in [5.41, 5.74) is 7.56. The van der Waals surface area contributed by atoms with Crippen LogP contribution in [0.2, 0.25) is 0 Å². The van der Waals surface area contributed by atoms with E-state index in [4.69, 9.17) is 14.0 Å². The summed E-state index contributed by atoms with van der Waals surface area (Å²) in [4.78, 5) is 11.3. The van der Waals surface area contributed by atoms with Gasteiger partial charge in [0.05, 0.1) is 5.71 Å². The standard InChI is InChI=1S/C29H29N3O3/c1-32(2)16-17-34-24-8-4-21(5-9-24)28-19-26(20-12-14-30-15-13-20)29(35-28)23-6-10-25-22(18-23)7-11-27(25)31-33-3/h4-6,8-10,12-15,18-19H,7,11,16-17H2,1-3H3. The molecule has 0 radical (unpaired) electrons. The second kappa shape index (κ2) is 10.2. The molecule has 2 heterocycles. The molecule has 0 spiro atoms. The van der Waals surface area contributed by atoms with Crippen molar-refractivity contribution in [3.05, 3.63) is 84.2 Å². The molecule has 0 saturated heterocycles. The molecule has 35 heavy (non-hydrogen) atoms. The fraction of sp³-hybridized carbons (Fsp3) is 0.241. The van der Waals surface area contributed by atoms with E-state index in [2.05, 4.69) is 39.3 Å². The number of furan rings is 1. The minimum atomic E-state index is 0.651. The molecule has 0 saturated carbocycles. The number of oxime groups is 1. The van der Waals surface area contributed by atoms with Gasteiger partial charge >= 0.3 is 0 Å². The number of aromatic nitrogens is 1. The molecule has 0 amide bonds. The maximum Gasteiger partial charge on any atom is 0.142 e. The third-order valence-corrected chi connectivity index (χ3v) is 6.18. The topological polar surface area (TPSA) is 60.1 Å². The number of likely N-dealkylation sites (N-methyl/N-ethyl adjacent to an activating group) is 1. The number of hydrogen-bond acceptors (Lipinski definition) is 6. The summed E-state index contributed by atoms with van der Waals surface area (Å²) in [5.74, 6) is 2.51. The molecule has 0 fully saturated rings. The lowest BCUT2D eigenvalue weighted by atomic mass is 9.99. The fourth-order valence-electron chi connectivity index (χ4n) is 4.37. The zero-order chi connectivity index (χ0) is 24.2. The van der Waals surface area contributed by atoms with Gasteiger partial charge in [-0.3, -0.25) is 4.98 Å². The third-order valence-electron chi connectivity index (χ3n) is 6.18. The van der Waals surface area contributed by atoms with Gasteiger partial charge in [0, 0.05) is 41.2 Å². The lowest BCUT2D eigenvalue weighted by molar-refractivity contribution is 0.213. The molecule has 0 atom stereocenters. The summed E-state index contributed by atoms with van der Waals surface area (Å²) in [7, 11) is 5.66. The summed E-state index contributed by atoms with van der Waals surface area (Å²) in [6.45, 7) is 1.52. The molecule has 178 valence electrons. The lowest BCUT2D eigenvalue weighted by Crippen LogP contribution is -2.19. The van der Waals surface area contributed by atoms with Crippen molar-refractivity contribution in [3.63, 3.8) is 0 Å². The second-order valence-corrected chi connectivity index (χ2v) is 8.86. The van der Waals surface area contributed by atoms with Gasteiger partial charge in [0.2, 0.25) is 0 Å². The van der Waals surface area contributed by atoms with Crippen LogP contribution in [0.1, 0.15) is 17.5 Å². The summed E-state index contributed by atoms with van der Waals surface area (Å²) in [5, 5.41) is 4.18. The molecule has 1 aliphatic rings. The SMILES string of the molecule is CON=C1CCc2cc(-c3oc(-c4ccc(OCCN(C)C)cc4)cc3-c3ccncc3)ccc21. The van der Waals surface area contributed by atoms with E-state index in [9.17, 15) is 0 Å². The quantitative estimate of drug-likeness (QED) is 0.301. The first-order valence-corrected chi connectivity index (χ1v) is 11.8. The maximum absolute atomic E-state index is 6.51. The summed E-state index contributed by atoms with van der Waals surface area (Å²) >= 11 is 0. The molecular weight excluding hydrogens is 438 g/mol. The Hall–Kier alpha value is -3.90. The van der Waals surface area contributed by atoms with Crippen molar-refractivity contribution in [1.82, 2.24) is 9.88 Å². The molecular formula is C29H29N3O3. The van der Waals surface area contributed by atoms with Crippen molar-refractivity contribution in [3.8, 4) is 39.5 Å². The number of fused-ring (bicyclic) bond motifs is 1. The van der Waals surface area contributed by atoms with E-state index in [1.54, 1.807) is 7.11 Å². The van der Waals surface area contributed by atoms with Gasteiger partial charge in [0.15, 0.2) is 0 Å². The summed E-state index contributed by atoms with van der Waals surface area (Å²) < 4.78 is 12.4. The molecule has 0 N–H and O–H groups in total. The highest BCUT2D eigenvalue weighted by molar-refractivity contribution is 6.04. The summed E-state index contributed by atoms with van der Waals surface area (Å²) in [6, 6.07) is 20.6. The van der Waals surface area contributed by atoms with E-state index in [1.165, 1.54) is 5.56 Å². The van der Waals surface area contributed by atoms with Gasteiger partial charge in [-0.2, -0.15) is 0 Å². The van der Waals surface area contributed by atoms with Gasteiger partial charge < -0.3 is 18.9 Å². The number of benzene rings is 2. The molecule has 0 unspecified atom stereocenters. The van der Waals surface area contributed by atoms with Gasteiger partial charge in [0.25, 0.3) is 0 Å². The summed E-state index contributed by atoms with van der Waals surface area (Å²) in [6.07, 6.45) is 5.44. The van der Waals surface area contributed by atoms with Crippen LogP contribution < -0.4 is 4.74 Å². The Morgan fingerprint density at radius 3 is 2.40 bits per heavy atom. The molecule has 6 heteroatoms. The monoisotopic (exact) mass is 467 g/mol. The zero-order valence-electron chi connectivity index (χ0n) is 20.3. The molecule has 6 nitrogen and oxygen atoms in total. The van der Waals surface area contributed by atoms with E-state index < -0.39 is 0 Å². The predicted molar refractivity (Wildman–Crippen MR) is 139 cm³/mol. The first-order valence-electron chi connectivity index (χ1n) is 11.8. The second-order valence-electron chi connectivity index (χ2n) is 8.86. The number of hydrogen-bond donors (Lipinski definition) is 0. The van der Waals surface area contributed by atoms with Crippen LogP contribution in [0, 0.1) is 0 Å². The molecule has 0 aliphatic heterocycles. The number of pyridine rings is 1. The third kappa shape index (κ3) is 4.98. The Morgan fingerprint density at radius 2 is 1.66 bits per heavy atom. The zero-order valence-corrected chi connectivity index (χ0v) is 20.3. The minimum absolute atomic E-state index is 0.651. The molecule has 2 aromatic heterocycles. The number of ether oxygens (including phenoxy) is 1. The van der Waals surface area contributed by atoms with Gasteiger partial charge in [-0.15, -0.1) is 0 Å². The minimum Gasteiger partial charge on any atom is -0.492 e. The van der Waals surface area contributed by atoms with Crippen LogP contribution >= 0.6 is 0 Å². The lowest BCUT2D eigenvalue weighted by Gasteiger charge is -2.11. The Labute approximate surface area is 205 Å². The molecule has 0 bridgehead atoms. The highest BCUT2D eigenvalue weighted by Crippen LogP contribution is 2.40. The Morgan fingerprint density at radius 1 is 0.886 bits per heavy atom. The molecule has 2 aromatic carbocycles.